The summed E-state index contributed by atoms with van der Waals surface area (Å²) in [4.78, 5) is 0. The molecule has 1 aliphatic rings. The first-order chi connectivity index (χ1) is 11.2. The van der Waals surface area contributed by atoms with Crippen LogP contribution in [0.1, 0.15) is 28.3 Å². The molecule has 0 heterocycles. The molecule has 0 radical (unpaired) electrons. The highest BCUT2D eigenvalue weighted by atomic mass is 16.5. The van der Waals surface area contributed by atoms with Gasteiger partial charge in [-0.2, -0.15) is 0 Å². The fourth-order valence-electron chi connectivity index (χ4n) is 3.34. The van der Waals surface area contributed by atoms with Crippen molar-refractivity contribution >= 4 is 0 Å². The van der Waals surface area contributed by atoms with E-state index in [9.17, 15) is 0 Å². The summed E-state index contributed by atoms with van der Waals surface area (Å²) in [6.07, 6.45) is 0. The number of hydrogen-bond donors (Lipinski definition) is 1. The van der Waals surface area contributed by atoms with Crippen LogP contribution < -0.4 is 10.5 Å². The summed E-state index contributed by atoms with van der Waals surface area (Å²) >= 11 is 0. The van der Waals surface area contributed by atoms with Crippen molar-refractivity contribution < 1.29 is 4.74 Å². The van der Waals surface area contributed by atoms with Gasteiger partial charge in [-0.25, -0.2) is 0 Å². The van der Waals surface area contributed by atoms with Crippen molar-refractivity contribution in [2.75, 3.05) is 0 Å². The number of hydrogen-bond acceptors (Lipinski definition) is 2. The molecule has 0 spiro atoms. The molecular formula is C21H19NO. The molecule has 1 atom stereocenters. The zero-order chi connectivity index (χ0) is 15.8. The summed E-state index contributed by atoms with van der Waals surface area (Å²) < 4.78 is 5.94. The highest BCUT2D eigenvalue weighted by Gasteiger charge is 2.27. The lowest BCUT2D eigenvalue weighted by molar-refractivity contribution is 0.306. The predicted octanol–water partition coefficient (Wildman–Crippen LogP) is 4.60. The van der Waals surface area contributed by atoms with E-state index < -0.39 is 0 Å². The molecule has 3 aromatic rings. The third-order valence-electron chi connectivity index (χ3n) is 4.52. The molecule has 0 aromatic heterocycles. The van der Waals surface area contributed by atoms with Crippen LogP contribution in [0.3, 0.4) is 0 Å². The van der Waals surface area contributed by atoms with Crippen LogP contribution in [0.4, 0.5) is 0 Å². The number of benzene rings is 3. The standard InChI is InChI=1S/C21H19NO/c1-14-6-5-9-18-20(14)17-11-10-16(12-19(17)21(18)22)23-13-15-7-3-2-4-8-15/h2-12,21H,13,22H2,1H3. The Labute approximate surface area is 136 Å². The minimum Gasteiger partial charge on any atom is -0.489 e. The molecule has 0 bridgehead atoms. The Kier molecular flexibility index (Phi) is 3.40. The summed E-state index contributed by atoms with van der Waals surface area (Å²) in [5.74, 6) is 0.869. The fourth-order valence-corrected chi connectivity index (χ4v) is 3.34. The van der Waals surface area contributed by atoms with Crippen LogP contribution in [0, 0.1) is 6.92 Å². The van der Waals surface area contributed by atoms with Crippen molar-refractivity contribution in [1.29, 1.82) is 0 Å². The van der Waals surface area contributed by atoms with Gasteiger partial charge in [0.2, 0.25) is 0 Å². The number of aryl methyl sites for hydroxylation is 1. The second-order valence-electron chi connectivity index (χ2n) is 6.04. The van der Waals surface area contributed by atoms with E-state index in [1.165, 1.54) is 22.3 Å². The number of ether oxygens (including phenoxy) is 1. The monoisotopic (exact) mass is 301 g/mol. The maximum Gasteiger partial charge on any atom is 0.120 e. The van der Waals surface area contributed by atoms with E-state index >= 15 is 0 Å². The number of rotatable bonds is 3. The van der Waals surface area contributed by atoms with E-state index in [0.717, 1.165) is 16.9 Å². The lowest BCUT2D eigenvalue weighted by Crippen LogP contribution is -2.08. The van der Waals surface area contributed by atoms with E-state index in [0.29, 0.717) is 6.61 Å². The summed E-state index contributed by atoms with van der Waals surface area (Å²) in [5.41, 5.74) is 13.8. The first-order valence-electron chi connectivity index (χ1n) is 7.90. The lowest BCUT2D eigenvalue weighted by atomic mass is 10.0. The van der Waals surface area contributed by atoms with Gasteiger partial charge in [0, 0.05) is 0 Å². The van der Waals surface area contributed by atoms with Crippen LogP contribution in [-0.2, 0) is 6.61 Å². The highest BCUT2D eigenvalue weighted by Crippen LogP contribution is 2.45. The zero-order valence-corrected chi connectivity index (χ0v) is 13.1. The van der Waals surface area contributed by atoms with E-state index in [1.54, 1.807) is 0 Å². The normalized spacial score (nSPS) is 15.1. The molecule has 2 heteroatoms. The quantitative estimate of drug-likeness (QED) is 0.767. The van der Waals surface area contributed by atoms with Crippen LogP contribution in [0.5, 0.6) is 5.75 Å². The average molecular weight is 301 g/mol. The smallest absolute Gasteiger partial charge is 0.120 e. The van der Waals surface area contributed by atoms with Gasteiger partial charge < -0.3 is 10.5 Å². The average Bonchev–Trinajstić information content (AvgIpc) is 2.88. The van der Waals surface area contributed by atoms with Crippen molar-refractivity contribution in [2.24, 2.45) is 5.73 Å². The van der Waals surface area contributed by atoms with Crippen molar-refractivity contribution in [1.82, 2.24) is 0 Å². The van der Waals surface area contributed by atoms with Crippen LogP contribution >= 0.6 is 0 Å². The third-order valence-corrected chi connectivity index (χ3v) is 4.52. The molecule has 1 aliphatic carbocycles. The Balaban J connectivity index is 1.64. The molecule has 0 fully saturated rings. The molecule has 3 aromatic carbocycles. The van der Waals surface area contributed by atoms with Gasteiger partial charge in [0.05, 0.1) is 6.04 Å². The topological polar surface area (TPSA) is 35.2 Å². The van der Waals surface area contributed by atoms with Gasteiger partial charge in [-0.15, -0.1) is 0 Å². The van der Waals surface area contributed by atoms with Gasteiger partial charge >= 0.3 is 0 Å². The van der Waals surface area contributed by atoms with E-state index in [-0.39, 0.29) is 6.04 Å². The summed E-state index contributed by atoms with van der Waals surface area (Å²) in [6, 6.07) is 22.7. The van der Waals surface area contributed by atoms with Gasteiger partial charge in [0.25, 0.3) is 0 Å². The van der Waals surface area contributed by atoms with Crippen molar-refractivity contribution in [3.8, 4) is 16.9 Å². The second-order valence-corrected chi connectivity index (χ2v) is 6.04. The lowest BCUT2D eigenvalue weighted by Gasteiger charge is -2.10. The third kappa shape index (κ3) is 2.41. The van der Waals surface area contributed by atoms with Gasteiger partial charge in [-0.1, -0.05) is 54.6 Å². The number of nitrogens with two attached hydrogens (primary N) is 1. The highest BCUT2D eigenvalue weighted by molar-refractivity contribution is 5.81. The Bertz CT molecular complexity index is 855. The molecule has 0 saturated carbocycles. The van der Waals surface area contributed by atoms with E-state index in [2.05, 4.69) is 49.4 Å². The van der Waals surface area contributed by atoms with Gasteiger partial charge in [-0.05, 0) is 52.4 Å². The molecule has 2 nitrogen and oxygen atoms in total. The number of fused-ring (bicyclic) bond motifs is 3. The summed E-state index contributed by atoms with van der Waals surface area (Å²) in [7, 11) is 0. The minimum absolute atomic E-state index is 0.0693. The zero-order valence-electron chi connectivity index (χ0n) is 13.1. The van der Waals surface area contributed by atoms with Crippen molar-refractivity contribution in [2.45, 2.75) is 19.6 Å². The Morgan fingerprint density at radius 1 is 0.913 bits per heavy atom. The first-order valence-corrected chi connectivity index (χ1v) is 7.90. The predicted molar refractivity (Wildman–Crippen MR) is 93.4 cm³/mol. The molecule has 0 saturated heterocycles. The Hall–Kier alpha value is -2.58. The molecule has 23 heavy (non-hydrogen) atoms. The van der Waals surface area contributed by atoms with Gasteiger partial charge in [-0.3, -0.25) is 0 Å². The van der Waals surface area contributed by atoms with E-state index in [4.69, 9.17) is 10.5 Å². The summed E-state index contributed by atoms with van der Waals surface area (Å²) in [6.45, 7) is 2.71. The van der Waals surface area contributed by atoms with Crippen LogP contribution in [0.2, 0.25) is 0 Å². The Morgan fingerprint density at radius 2 is 1.74 bits per heavy atom. The second kappa shape index (κ2) is 5.56. The maximum atomic E-state index is 6.45. The minimum atomic E-state index is -0.0693. The van der Waals surface area contributed by atoms with Crippen molar-refractivity contribution in [3.63, 3.8) is 0 Å². The Morgan fingerprint density at radius 3 is 2.57 bits per heavy atom. The molecule has 2 N–H and O–H groups in total. The van der Waals surface area contributed by atoms with Crippen LogP contribution in [0.25, 0.3) is 11.1 Å². The summed E-state index contributed by atoms with van der Waals surface area (Å²) in [5, 5.41) is 0. The maximum absolute atomic E-state index is 6.45. The molecule has 4 rings (SSSR count). The first kappa shape index (κ1) is 14.0. The van der Waals surface area contributed by atoms with Crippen LogP contribution in [-0.4, -0.2) is 0 Å². The van der Waals surface area contributed by atoms with E-state index in [1.807, 2.05) is 24.3 Å². The fraction of sp³-hybridized carbons (Fsp3) is 0.143. The molecular weight excluding hydrogens is 282 g/mol. The SMILES string of the molecule is Cc1cccc2c1-c1ccc(OCc3ccccc3)cc1C2N. The molecule has 114 valence electrons. The molecule has 0 amide bonds. The van der Waals surface area contributed by atoms with Crippen LogP contribution in [0.15, 0.2) is 66.7 Å². The van der Waals surface area contributed by atoms with Gasteiger partial charge in [0.15, 0.2) is 0 Å². The van der Waals surface area contributed by atoms with Crippen molar-refractivity contribution in [3.05, 3.63) is 89.0 Å². The largest absolute Gasteiger partial charge is 0.489 e. The molecule has 1 unspecified atom stereocenters. The molecule has 0 aliphatic heterocycles. The van der Waals surface area contributed by atoms with Gasteiger partial charge in [0.1, 0.15) is 12.4 Å².